The van der Waals surface area contributed by atoms with Gasteiger partial charge < -0.3 is 14.7 Å². The zero-order valence-corrected chi connectivity index (χ0v) is 29.4. The Hall–Kier alpha value is -7.24. The summed E-state index contributed by atoms with van der Waals surface area (Å²) in [7, 11) is 1.70. The molecule has 2 aliphatic rings. The Bertz CT molecular complexity index is 3140. The summed E-state index contributed by atoms with van der Waals surface area (Å²) in [6.45, 7) is 0. The van der Waals surface area contributed by atoms with Crippen LogP contribution in [0.2, 0.25) is 0 Å². The van der Waals surface area contributed by atoms with Crippen LogP contribution in [0.4, 0.5) is 0 Å². The van der Waals surface area contributed by atoms with Crippen LogP contribution < -0.4 is 4.74 Å². The molecule has 11 rings (SSSR count). The lowest BCUT2D eigenvalue weighted by Crippen LogP contribution is -1.87. The monoisotopic (exact) mass is 692 g/mol. The Labute approximate surface area is 311 Å². The predicted octanol–water partition coefficient (Wildman–Crippen LogP) is 12.6. The van der Waals surface area contributed by atoms with Crippen LogP contribution in [0.5, 0.6) is 5.75 Å². The number of ether oxygens (including phenoxy) is 1. The van der Waals surface area contributed by atoms with Gasteiger partial charge in [0.05, 0.1) is 40.9 Å². The molecule has 0 saturated carbocycles. The molecule has 8 bridgehead atoms. The van der Waals surface area contributed by atoms with Gasteiger partial charge in [-0.2, -0.15) is 0 Å². The molecular weight excluding hydrogens is 661 g/mol. The number of hydrogen-bond donors (Lipinski definition) is 2. The second-order valence-electron chi connectivity index (χ2n) is 13.8. The van der Waals surface area contributed by atoms with Crippen molar-refractivity contribution in [2.24, 2.45) is 0 Å². The Morgan fingerprint density at radius 1 is 0.407 bits per heavy atom. The van der Waals surface area contributed by atoms with Gasteiger partial charge >= 0.3 is 0 Å². The third kappa shape index (κ3) is 4.58. The number of H-pyrrole nitrogens is 2. The van der Waals surface area contributed by atoms with E-state index in [-0.39, 0.29) is 0 Å². The molecule has 5 nitrogen and oxygen atoms in total. The van der Waals surface area contributed by atoms with Gasteiger partial charge in [0.25, 0.3) is 0 Å². The maximum atomic E-state index is 5.59. The maximum absolute atomic E-state index is 5.59. The molecule has 2 N–H and O–H groups in total. The van der Waals surface area contributed by atoms with E-state index >= 15 is 0 Å². The van der Waals surface area contributed by atoms with E-state index in [1.165, 1.54) is 0 Å². The molecule has 0 aliphatic carbocycles. The van der Waals surface area contributed by atoms with Crippen molar-refractivity contribution in [3.63, 3.8) is 0 Å². The molecule has 0 atom stereocenters. The van der Waals surface area contributed by atoms with Gasteiger partial charge in [0.1, 0.15) is 5.75 Å². The standard InChI is InChI=1S/C49H32N4O/c1-54-31-25-23-30(24-26-31)45-48-38-21-11-7-17-34(38)42(52-48)27-40-32-15-5-9-19-36(32)46(50-40)44(29-13-3-2-4-14-29)47-37-20-10-6-16-33(37)41(51-47)28-43-35-18-8-12-22-39(35)49(45)53-43/h2-28,50,53H,1H3. The zero-order valence-electron chi connectivity index (χ0n) is 29.4. The first-order valence-corrected chi connectivity index (χ1v) is 18.2. The van der Waals surface area contributed by atoms with E-state index in [1.807, 2.05) is 12.1 Å². The Balaban J connectivity index is 1.41. The van der Waals surface area contributed by atoms with Crippen LogP contribution >= 0.6 is 0 Å². The summed E-state index contributed by atoms with van der Waals surface area (Å²) in [6.07, 6.45) is 0. The van der Waals surface area contributed by atoms with Crippen LogP contribution in [0.3, 0.4) is 0 Å². The first-order valence-electron chi connectivity index (χ1n) is 18.2. The van der Waals surface area contributed by atoms with Gasteiger partial charge in [0, 0.05) is 66.0 Å². The number of benzene rings is 6. The van der Waals surface area contributed by atoms with E-state index in [4.69, 9.17) is 14.7 Å². The number of hydrogen-bond acceptors (Lipinski definition) is 3. The summed E-state index contributed by atoms with van der Waals surface area (Å²) < 4.78 is 5.59. The highest BCUT2D eigenvalue weighted by molar-refractivity contribution is 6.16. The summed E-state index contributed by atoms with van der Waals surface area (Å²) in [4.78, 5) is 18.9. The molecule has 254 valence electrons. The Morgan fingerprint density at radius 2 is 0.815 bits per heavy atom. The van der Waals surface area contributed by atoms with Gasteiger partial charge in [0.15, 0.2) is 0 Å². The normalized spacial score (nSPS) is 11.8. The number of rotatable bonds is 3. The smallest absolute Gasteiger partial charge is 0.118 e. The van der Waals surface area contributed by atoms with Gasteiger partial charge in [-0.3, -0.25) is 0 Å². The lowest BCUT2D eigenvalue weighted by atomic mass is 9.96. The summed E-state index contributed by atoms with van der Waals surface area (Å²) >= 11 is 0. The quantitative estimate of drug-likeness (QED) is 0.194. The average molecular weight is 693 g/mol. The summed E-state index contributed by atoms with van der Waals surface area (Å²) in [6, 6.07) is 57.7. The van der Waals surface area contributed by atoms with Crippen LogP contribution in [0, 0.1) is 0 Å². The van der Waals surface area contributed by atoms with Gasteiger partial charge in [0.2, 0.25) is 0 Å². The number of nitrogens with one attached hydrogen (secondary N) is 2. The molecular formula is C49H32N4O. The number of aromatic nitrogens is 4. The summed E-state index contributed by atoms with van der Waals surface area (Å²) in [5.74, 6) is 0.804. The van der Waals surface area contributed by atoms with Crippen molar-refractivity contribution in [3.05, 3.63) is 164 Å². The molecule has 0 radical (unpaired) electrons. The second kappa shape index (κ2) is 11.9. The van der Waals surface area contributed by atoms with Crippen LogP contribution in [-0.4, -0.2) is 27.0 Å². The van der Waals surface area contributed by atoms with E-state index < -0.39 is 0 Å². The molecule has 0 unspecified atom stereocenters. The predicted molar refractivity (Wildman–Crippen MR) is 222 cm³/mol. The van der Waals surface area contributed by atoms with Crippen molar-refractivity contribution >= 4 is 43.6 Å². The highest BCUT2D eigenvalue weighted by atomic mass is 16.5. The SMILES string of the molecule is COc1ccc(-c2c3nc(cc4[nH]c(c(-c5ccccc5)c5nc(cc6[nH]c2c2ccccc62)-c2ccccc2-5)c2ccccc42)-c2ccccc2-3)cc1. The minimum atomic E-state index is 0.804. The summed E-state index contributed by atoms with van der Waals surface area (Å²) in [5.41, 5.74) is 16.3. The van der Waals surface area contributed by atoms with Crippen LogP contribution in [0.15, 0.2) is 164 Å². The Kier molecular flexibility index (Phi) is 6.70. The molecule has 0 amide bonds. The van der Waals surface area contributed by atoms with E-state index in [2.05, 4.69) is 162 Å². The number of fused-ring (bicyclic) bond motifs is 20. The molecule has 5 heteroatoms. The van der Waals surface area contributed by atoms with Gasteiger partial charge in [-0.1, -0.05) is 140 Å². The largest absolute Gasteiger partial charge is 0.497 e. The number of methoxy groups -OCH3 is 1. The van der Waals surface area contributed by atoms with Gasteiger partial charge in [-0.25, -0.2) is 9.97 Å². The van der Waals surface area contributed by atoms with Crippen molar-refractivity contribution in [2.45, 2.75) is 0 Å². The zero-order chi connectivity index (χ0) is 35.8. The minimum absolute atomic E-state index is 0.804. The van der Waals surface area contributed by atoms with Crippen LogP contribution in [0.25, 0.3) is 111 Å². The van der Waals surface area contributed by atoms with E-state index in [0.29, 0.717) is 0 Å². The Morgan fingerprint density at radius 3 is 1.30 bits per heavy atom. The first-order chi connectivity index (χ1) is 26.7. The molecule has 5 heterocycles. The third-order valence-corrected chi connectivity index (χ3v) is 10.9. The fourth-order valence-corrected chi connectivity index (χ4v) is 8.38. The molecule has 2 aliphatic heterocycles. The molecule has 3 aromatic heterocycles. The van der Waals surface area contributed by atoms with Crippen molar-refractivity contribution in [2.75, 3.05) is 7.11 Å². The van der Waals surface area contributed by atoms with Crippen LogP contribution in [0.1, 0.15) is 0 Å². The van der Waals surface area contributed by atoms with Crippen LogP contribution in [-0.2, 0) is 0 Å². The minimum Gasteiger partial charge on any atom is -0.497 e. The van der Waals surface area contributed by atoms with Gasteiger partial charge in [-0.05, 0) is 35.4 Å². The van der Waals surface area contributed by atoms with Crippen molar-refractivity contribution in [1.29, 1.82) is 0 Å². The fraction of sp³-hybridized carbons (Fsp3) is 0.0204. The molecule has 9 aromatic rings. The van der Waals surface area contributed by atoms with Crippen molar-refractivity contribution in [3.8, 4) is 73.0 Å². The van der Waals surface area contributed by atoms with Gasteiger partial charge in [-0.15, -0.1) is 0 Å². The highest BCUT2D eigenvalue weighted by Gasteiger charge is 2.25. The van der Waals surface area contributed by atoms with E-state index in [1.54, 1.807) is 7.11 Å². The average Bonchev–Trinajstić information content (AvgIpc) is 3.98. The fourth-order valence-electron chi connectivity index (χ4n) is 8.38. The molecule has 6 aromatic carbocycles. The maximum Gasteiger partial charge on any atom is 0.118 e. The number of aromatic amines is 2. The number of nitrogens with zero attached hydrogens (tertiary/aromatic N) is 2. The highest BCUT2D eigenvalue weighted by Crippen LogP contribution is 2.47. The molecule has 0 saturated heterocycles. The lowest BCUT2D eigenvalue weighted by molar-refractivity contribution is 0.415. The molecule has 0 fully saturated rings. The third-order valence-electron chi connectivity index (χ3n) is 10.9. The second-order valence-corrected chi connectivity index (χ2v) is 13.8. The first kappa shape index (κ1) is 30.4. The molecule has 0 spiro atoms. The summed E-state index contributed by atoms with van der Waals surface area (Å²) in [5, 5.41) is 4.49. The van der Waals surface area contributed by atoms with Crippen molar-refractivity contribution in [1.82, 2.24) is 19.9 Å². The van der Waals surface area contributed by atoms with E-state index in [9.17, 15) is 0 Å². The van der Waals surface area contributed by atoms with E-state index in [0.717, 1.165) is 117 Å². The molecule has 54 heavy (non-hydrogen) atoms. The van der Waals surface area contributed by atoms with Crippen molar-refractivity contribution < 1.29 is 4.74 Å². The lowest BCUT2D eigenvalue weighted by Gasteiger charge is -2.08. The topological polar surface area (TPSA) is 66.6 Å².